The van der Waals surface area contributed by atoms with Gasteiger partial charge in [0.2, 0.25) is 0 Å². The number of nitrogens with one attached hydrogen (secondary N) is 2. The minimum absolute atomic E-state index is 0.0411. The molecular formula is C22H15ClFN3O. The fourth-order valence-corrected chi connectivity index (χ4v) is 2.93. The van der Waals surface area contributed by atoms with Crippen molar-refractivity contribution >= 4 is 40.3 Å². The number of hydrogen-bond donors (Lipinski definition) is 2. The number of aromatic amines is 1. The Morgan fingerprint density at radius 1 is 1.00 bits per heavy atom. The van der Waals surface area contributed by atoms with E-state index in [2.05, 4.69) is 15.3 Å². The zero-order chi connectivity index (χ0) is 19.5. The zero-order valence-corrected chi connectivity index (χ0v) is 15.4. The van der Waals surface area contributed by atoms with Crippen LogP contribution in [0.3, 0.4) is 0 Å². The Bertz CT molecular complexity index is 1150. The number of aromatic nitrogens is 2. The molecule has 4 nitrogen and oxygen atoms in total. The number of para-hydroxylation sites is 2. The predicted molar refractivity (Wildman–Crippen MR) is 109 cm³/mol. The Morgan fingerprint density at radius 3 is 2.46 bits per heavy atom. The average molecular weight is 392 g/mol. The second-order valence-electron chi connectivity index (χ2n) is 6.15. The van der Waals surface area contributed by atoms with Crippen LogP contribution in [0.2, 0.25) is 5.02 Å². The molecule has 0 aliphatic rings. The maximum Gasteiger partial charge on any atom is 0.258 e. The SMILES string of the molecule is O=C(NC(=Cc1ccc(Cl)cc1)c1nc2ccccc2[nH]1)c1ccccc1F. The number of halogens is 2. The largest absolute Gasteiger partial charge is 0.337 e. The highest BCUT2D eigenvalue weighted by Gasteiger charge is 2.16. The highest BCUT2D eigenvalue weighted by Crippen LogP contribution is 2.20. The van der Waals surface area contributed by atoms with Gasteiger partial charge in [-0.25, -0.2) is 9.37 Å². The van der Waals surface area contributed by atoms with E-state index in [4.69, 9.17) is 11.6 Å². The normalized spacial score (nSPS) is 11.6. The number of benzene rings is 3. The van der Waals surface area contributed by atoms with Crippen molar-refractivity contribution in [2.45, 2.75) is 0 Å². The molecule has 0 saturated heterocycles. The maximum atomic E-state index is 14.0. The highest BCUT2D eigenvalue weighted by molar-refractivity contribution is 6.30. The maximum absolute atomic E-state index is 14.0. The van der Waals surface area contributed by atoms with Gasteiger partial charge >= 0.3 is 0 Å². The summed E-state index contributed by atoms with van der Waals surface area (Å²) in [5, 5.41) is 3.38. The molecule has 0 unspecified atom stereocenters. The quantitative estimate of drug-likeness (QED) is 0.497. The lowest BCUT2D eigenvalue weighted by atomic mass is 10.1. The molecule has 6 heteroatoms. The van der Waals surface area contributed by atoms with E-state index in [0.717, 1.165) is 16.6 Å². The lowest BCUT2D eigenvalue weighted by Crippen LogP contribution is -2.23. The van der Waals surface area contributed by atoms with Crippen LogP contribution in [-0.4, -0.2) is 15.9 Å². The fourth-order valence-electron chi connectivity index (χ4n) is 2.80. The van der Waals surface area contributed by atoms with Crippen LogP contribution in [0.15, 0.2) is 72.8 Å². The molecule has 0 aliphatic carbocycles. The van der Waals surface area contributed by atoms with Crippen LogP contribution in [0, 0.1) is 5.82 Å². The molecule has 0 fully saturated rings. The molecule has 28 heavy (non-hydrogen) atoms. The molecule has 3 aromatic carbocycles. The van der Waals surface area contributed by atoms with Crippen molar-refractivity contribution in [3.8, 4) is 0 Å². The van der Waals surface area contributed by atoms with E-state index < -0.39 is 11.7 Å². The van der Waals surface area contributed by atoms with Crippen LogP contribution in [-0.2, 0) is 0 Å². The summed E-state index contributed by atoms with van der Waals surface area (Å²) in [6, 6.07) is 20.5. The van der Waals surface area contributed by atoms with E-state index >= 15 is 0 Å². The van der Waals surface area contributed by atoms with Crippen LogP contribution in [0.1, 0.15) is 21.7 Å². The van der Waals surface area contributed by atoms with Crippen molar-refractivity contribution in [3.63, 3.8) is 0 Å². The Labute approximate surface area is 165 Å². The monoisotopic (exact) mass is 391 g/mol. The van der Waals surface area contributed by atoms with Crippen LogP contribution >= 0.6 is 11.6 Å². The summed E-state index contributed by atoms with van der Waals surface area (Å²) >= 11 is 5.95. The lowest BCUT2D eigenvalue weighted by Gasteiger charge is -2.09. The molecule has 0 aliphatic heterocycles. The van der Waals surface area contributed by atoms with Gasteiger partial charge in [0.15, 0.2) is 5.82 Å². The van der Waals surface area contributed by atoms with E-state index in [1.807, 2.05) is 36.4 Å². The van der Waals surface area contributed by atoms with E-state index in [-0.39, 0.29) is 5.56 Å². The number of hydrogen-bond acceptors (Lipinski definition) is 2. The van der Waals surface area contributed by atoms with Gasteiger partial charge in [0, 0.05) is 5.02 Å². The van der Waals surface area contributed by atoms with Crippen LogP contribution in [0.25, 0.3) is 22.8 Å². The standard InChI is InChI=1S/C22H15ClFN3O/c23-15-11-9-14(10-12-15)13-20(21-25-18-7-3-4-8-19(18)26-21)27-22(28)16-5-1-2-6-17(16)24/h1-13H,(H,25,26)(H,27,28). The molecule has 138 valence electrons. The summed E-state index contributed by atoms with van der Waals surface area (Å²) in [6.07, 6.45) is 1.76. The molecular weight excluding hydrogens is 377 g/mol. The zero-order valence-electron chi connectivity index (χ0n) is 14.6. The third-order valence-electron chi connectivity index (χ3n) is 4.19. The fraction of sp³-hybridized carbons (Fsp3) is 0. The molecule has 2 N–H and O–H groups in total. The number of fused-ring (bicyclic) bond motifs is 1. The van der Waals surface area contributed by atoms with Crippen molar-refractivity contribution in [3.05, 3.63) is 101 Å². The first-order valence-corrected chi connectivity index (χ1v) is 8.96. The second kappa shape index (κ2) is 7.66. The first kappa shape index (κ1) is 17.9. The van der Waals surface area contributed by atoms with Gasteiger partial charge in [-0.05, 0) is 48.0 Å². The van der Waals surface area contributed by atoms with E-state index in [1.165, 1.54) is 18.2 Å². The number of H-pyrrole nitrogens is 1. The van der Waals surface area contributed by atoms with Gasteiger partial charge in [0.05, 0.1) is 22.3 Å². The minimum atomic E-state index is -0.588. The van der Waals surface area contributed by atoms with Crippen molar-refractivity contribution < 1.29 is 9.18 Å². The van der Waals surface area contributed by atoms with E-state index in [9.17, 15) is 9.18 Å². The smallest absolute Gasteiger partial charge is 0.258 e. The average Bonchev–Trinajstić information content (AvgIpc) is 3.13. The van der Waals surface area contributed by atoms with Gasteiger partial charge in [-0.15, -0.1) is 0 Å². The first-order chi connectivity index (χ1) is 13.6. The van der Waals surface area contributed by atoms with Crippen molar-refractivity contribution in [1.82, 2.24) is 15.3 Å². The van der Waals surface area contributed by atoms with Gasteiger partial charge in [-0.2, -0.15) is 0 Å². The third kappa shape index (κ3) is 3.80. The number of imidazole rings is 1. The molecule has 0 spiro atoms. The van der Waals surface area contributed by atoms with Gasteiger partial charge in [0.1, 0.15) is 5.82 Å². The highest BCUT2D eigenvalue weighted by atomic mass is 35.5. The van der Waals surface area contributed by atoms with Crippen LogP contribution in [0.4, 0.5) is 4.39 Å². The molecule has 0 atom stereocenters. The summed E-state index contributed by atoms with van der Waals surface area (Å²) in [4.78, 5) is 20.4. The summed E-state index contributed by atoms with van der Waals surface area (Å²) < 4.78 is 14.0. The summed E-state index contributed by atoms with van der Waals surface area (Å²) in [7, 11) is 0. The topological polar surface area (TPSA) is 57.8 Å². The van der Waals surface area contributed by atoms with E-state index in [1.54, 1.807) is 24.3 Å². The Kier molecular flexibility index (Phi) is 4.91. The van der Waals surface area contributed by atoms with Crippen LogP contribution < -0.4 is 5.32 Å². The summed E-state index contributed by atoms with van der Waals surface area (Å²) in [5.41, 5.74) is 2.79. The molecule has 4 aromatic rings. The Hall–Kier alpha value is -3.44. The van der Waals surface area contributed by atoms with Gasteiger partial charge in [0.25, 0.3) is 5.91 Å². The Morgan fingerprint density at radius 2 is 1.71 bits per heavy atom. The molecule has 1 aromatic heterocycles. The molecule has 0 saturated carbocycles. The number of carbonyl (C=O) groups excluding carboxylic acids is 1. The third-order valence-corrected chi connectivity index (χ3v) is 4.44. The number of rotatable bonds is 4. The summed E-state index contributed by atoms with van der Waals surface area (Å²) in [6.45, 7) is 0. The number of carbonyl (C=O) groups is 1. The minimum Gasteiger partial charge on any atom is -0.337 e. The van der Waals surface area contributed by atoms with Crippen LogP contribution in [0.5, 0.6) is 0 Å². The number of nitrogens with zero attached hydrogens (tertiary/aromatic N) is 1. The van der Waals surface area contributed by atoms with Gasteiger partial charge in [-0.3, -0.25) is 4.79 Å². The van der Waals surface area contributed by atoms with Gasteiger partial charge < -0.3 is 10.3 Å². The molecule has 1 heterocycles. The van der Waals surface area contributed by atoms with Crippen molar-refractivity contribution in [2.75, 3.05) is 0 Å². The number of amides is 1. The van der Waals surface area contributed by atoms with E-state index in [0.29, 0.717) is 16.5 Å². The van der Waals surface area contributed by atoms with Gasteiger partial charge in [-0.1, -0.05) is 48.0 Å². The summed E-state index contributed by atoms with van der Waals surface area (Å²) in [5.74, 6) is -0.671. The molecule has 0 radical (unpaired) electrons. The molecule has 0 bridgehead atoms. The van der Waals surface area contributed by atoms with Crippen molar-refractivity contribution in [2.24, 2.45) is 0 Å². The Balaban J connectivity index is 1.75. The first-order valence-electron chi connectivity index (χ1n) is 8.58. The lowest BCUT2D eigenvalue weighted by molar-refractivity contribution is 0.0969. The second-order valence-corrected chi connectivity index (χ2v) is 6.58. The predicted octanol–water partition coefficient (Wildman–Crippen LogP) is 5.28. The molecule has 1 amide bonds. The van der Waals surface area contributed by atoms with Crippen molar-refractivity contribution in [1.29, 1.82) is 0 Å². The molecule has 4 rings (SSSR count).